The Kier molecular flexibility index (Phi) is 36.8. The molecule has 0 saturated heterocycles. The van der Waals surface area contributed by atoms with Crippen molar-refractivity contribution in [2.75, 3.05) is 13.2 Å². The molecule has 106 heavy (non-hydrogen) atoms. The van der Waals surface area contributed by atoms with E-state index >= 15 is 4.39 Å². The van der Waals surface area contributed by atoms with Gasteiger partial charge in [0.15, 0.2) is 12.2 Å². The highest BCUT2D eigenvalue weighted by Crippen LogP contribution is 2.40. The van der Waals surface area contributed by atoms with E-state index < -0.39 is 131 Å². The molecule has 0 spiro atoms. The fraction of sp³-hybridized carbons (Fsp3) is 0.297. The van der Waals surface area contributed by atoms with E-state index in [4.69, 9.17) is 37.6 Å². The lowest BCUT2D eigenvalue weighted by molar-refractivity contribution is -0.253. The molecule has 2 amide bonds. The first-order valence-corrected chi connectivity index (χ1v) is 30.4. The first-order chi connectivity index (χ1) is 48.2. The normalized spacial score (nSPS) is 13.6. The van der Waals surface area contributed by atoms with Crippen molar-refractivity contribution >= 4 is 23.1 Å². The third-order valence-electron chi connectivity index (χ3n) is 14.3. The summed E-state index contributed by atoms with van der Waals surface area (Å²) in [6.07, 6.45) is -34.2. The van der Waals surface area contributed by atoms with Gasteiger partial charge in [-0.15, -0.1) is 0 Å². The van der Waals surface area contributed by atoms with Gasteiger partial charge in [0, 0.05) is 30.2 Å². The Balaban J connectivity index is 0.000000565. The second-order valence-corrected chi connectivity index (χ2v) is 22.7. The summed E-state index contributed by atoms with van der Waals surface area (Å²) < 4.78 is 262. The van der Waals surface area contributed by atoms with Crippen LogP contribution < -0.4 is 31.6 Å². The molecule has 0 saturated carbocycles. The maximum atomic E-state index is 15.0. The molecule has 0 aliphatic carbocycles. The standard InChI is InChI=1S/C34H29F9N2O4.C22H17F6NO.C11H14F3NO2.C4H5ClO2.3CH4/c35-25-13-11-23(12-14-25)32(18-21-7-3-1-4-8-21,24-15-26(36)17-27(16-24)49-34(42,43)30(37)38)45-31(47)44-28(29(46)33(39,40)41)20-48-19-22-9-5-2-6-10-22;23-17-8-6-15(7-9-17)21(29,13-14-4-2-1-3-5-14)16-10-18(24)12-19(11-16)30-22(27,28)20(25)26;12-11(13,14)10(16)9(15)7-17-6-8-4-2-1-3-5-8;1-3(2)7-4(5)6;;;/h1-17,28-30,46H,18-20H2,(H2,44,45,47);1-12,20H,13,29H2;1-5,9-10,16H,6-7,15H2;1H2,2H3;3*1H4/t28-,29-,32-;21-;9-,10-;;;;/m111..../s1. The molecule has 0 aliphatic heterocycles. The average Bonchev–Trinajstić information content (AvgIpc) is 0.764. The van der Waals surface area contributed by atoms with Gasteiger partial charge < -0.3 is 56.0 Å². The number of nitrogens with two attached hydrogens (primary N) is 2. The maximum absolute atomic E-state index is 15.0. The minimum absolute atomic E-state index is 0. The molecule has 8 aromatic rings. The van der Waals surface area contributed by atoms with E-state index in [1.165, 1.54) is 12.1 Å². The van der Waals surface area contributed by atoms with Crippen LogP contribution in [0, 0.1) is 23.3 Å². The average molecular weight is 1540 g/mol. The molecule has 8 N–H and O–H groups in total. The van der Waals surface area contributed by atoms with Gasteiger partial charge in [0.25, 0.3) is 0 Å². The summed E-state index contributed by atoms with van der Waals surface area (Å²) >= 11 is 4.75. The van der Waals surface area contributed by atoms with E-state index in [2.05, 4.69) is 26.1 Å². The van der Waals surface area contributed by atoms with E-state index in [0.29, 0.717) is 34.6 Å². The van der Waals surface area contributed by atoms with Crippen molar-refractivity contribution in [3.8, 4) is 11.5 Å². The van der Waals surface area contributed by atoms with Crippen LogP contribution >= 0.6 is 11.6 Å². The molecule has 0 heterocycles. The topological polar surface area (TPSA) is 197 Å². The van der Waals surface area contributed by atoms with Crippen molar-refractivity contribution in [1.82, 2.24) is 10.6 Å². The van der Waals surface area contributed by atoms with Gasteiger partial charge in [0.2, 0.25) is 0 Å². The third-order valence-corrected chi connectivity index (χ3v) is 14.4. The van der Waals surface area contributed by atoms with Crippen LogP contribution in [-0.2, 0) is 51.3 Å². The van der Waals surface area contributed by atoms with E-state index in [0.717, 1.165) is 71.8 Å². The summed E-state index contributed by atoms with van der Waals surface area (Å²) in [6.45, 7) is 3.60. The lowest BCUT2D eigenvalue weighted by Crippen LogP contribution is -2.58. The molecule has 13 nitrogen and oxygen atoms in total. The fourth-order valence-corrected chi connectivity index (χ4v) is 9.59. The predicted octanol–water partition coefficient (Wildman–Crippen LogP) is 18.4. The zero-order chi connectivity index (χ0) is 76.5. The summed E-state index contributed by atoms with van der Waals surface area (Å²) in [7, 11) is 0. The Hall–Kier alpha value is -9.37. The van der Waals surface area contributed by atoms with Crippen molar-refractivity contribution < 1.29 is 123 Å². The number of amides is 2. The lowest BCUT2D eigenvalue weighted by Gasteiger charge is -2.37. The molecule has 32 heteroatoms. The summed E-state index contributed by atoms with van der Waals surface area (Å²) in [6, 6.07) is 42.6. The number of aliphatic hydroxyl groups excluding tert-OH is 2. The van der Waals surface area contributed by atoms with E-state index in [9.17, 15) is 89.3 Å². The molecular weight excluding hydrogens is 1470 g/mol. The number of urea groups is 1. The van der Waals surface area contributed by atoms with Crippen molar-refractivity contribution in [1.29, 1.82) is 0 Å². The first-order valence-electron chi connectivity index (χ1n) is 30.0. The zero-order valence-electron chi connectivity index (χ0n) is 53.6. The van der Waals surface area contributed by atoms with Crippen LogP contribution in [0.1, 0.15) is 73.7 Å². The smallest absolute Gasteiger partial charge is 0.428 e. The van der Waals surface area contributed by atoms with Crippen molar-refractivity contribution in [3.05, 3.63) is 286 Å². The Bertz CT molecular complexity index is 3910. The number of halogens is 19. The number of aliphatic hydroxyl groups is 2. The van der Waals surface area contributed by atoms with Gasteiger partial charge in [-0.25, -0.2) is 27.2 Å². The van der Waals surface area contributed by atoms with Gasteiger partial charge >= 0.3 is 48.9 Å². The maximum Gasteiger partial charge on any atom is 0.461 e. The Morgan fingerprint density at radius 2 is 0.858 bits per heavy atom. The number of benzene rings is 8. The van der Waals surface area contributed by atoms with Crippen LogP contribution in [0.15, 0.2) is 219 Å². The molecule has 6 atom stereocenters. The molecule has 8 aromatic carbocycles. The molecule has 0 radical (unpaired) electrons. The summed E-state index contributed by atoms with van der Waals surface area (Å²) in [5.74, 6) is -5.15. The predicted molar refractivity (Wildman–Crippen MR) is 362 cm³/mol. The molecule has 0 fully saturated rings. The minimum atomic E-state index is -5.23. The molecule has 0 bridgehead atoms. The number of hydrogen-bond acceptors (Lipinski definition) is 11. The van der Waals surface area contributed by atoms with Crippen molar-refractivity contribution in [3.63, 3.8) is 0 Å². The van der Waals surface area contributed by atoms with E-state index in [-0.39, 0.29) is 66.1 Å². The number of carbonyl (C=O) groups excluding carboxylic acids is 2. The quantitative estimate of drug-likeness (QED) is 0.0163. The number of ether oxygens (including phenoxy) is 5. The fourth-order valence-electron chi connectivity index (χ4n) is 9.46. The number of hydrogen-bond donors (Lipinski definition) is 6. The largest absolute Gasteiger partial charge is 0.461 e. The Morgan fingerprint density at radius 3 is 1.24 bits per heavy atom. The molecule has 0 aromatic heterocycles. The monoisotopic (exact) mass is 1540 g/mol. The molecule has 580 valence electrons. The van der Waals surface area contributed by atoms with Gasteiger partial charge in [0.05, 0.1) is 55.3 Å². The number of allylic oxidation sites excluding steroid dienone is 1. The number of alkyl halides is 14. The Labute approximate surface area is 604 Å². The van der Waals surface area contributed by atoms with Gasteiger partial charge in [-0.2, -0.15) is 61.5 Å². The van der Waals surface area contributed by atoms with Crippen molar-refractivity contribution in [2.24, 2.45) is 11.5 Å². The highest BCUT2D eigenvalue weighted by molar-refractivity contribution is 6.61. The minimum Gasteiger partial charge on any atom is -0.428 e. The number of rotatable bonds is 27. The third kappa shape index (κ3) is 29.5. The van der Waals surface area contributed by atoms with E-state index in [1.807, 2.05) is 11.4 Å². The Morgan fingerprint density at radius 1 is 0.491 bits per heavy atom. The second-order valence-electron chi connectivity index (χ2n) is 22.4. The van der Waals surface area contributed by atoms with Gasteiger partial charge in [0.1, 0.15) is 34.8 Å². The highest BCUT2D eigenvalue weighted by Gasteiger charge is 2.48. The van der Waals surface area contributed by atoms with Crippen LogP contribution in [0.5, 0.6) is 11.5 Å². The zero-order valence-corrected chi connectivity index (χ0v) is 54.4. The SMILES string of the molecule is C.C.C.C=C(C)OC(=O)Cl.N[C@H](COCc1ccccc1)[C@@H](O)C(F)(F)F.N[C@](Cc1ccccc1)(c1ccc(F)cc1)c1cc(F)cc(OC(F)(F)C(F)F)c1.O=C(N[C@H](COCc1ccccc1)[C@@H](O)C(F)(F)F)N[C@](Cc1ccccc1)(c1ccc(F)cc1)c1cc(F)cc(OC(F)(F)C(F)F)c1. The van der Waals surface area contributed by atoms with Gasteiger partial charge in [-0.3, -0.25) is 0 Å². The van der Waals surface area contributed by atoms with Crippen LogP contribution in [0.4, 0.5) is 88.6 Å². The van der Waals surface area contributed by atoms with Crippen molar-refractivity contribution in [2.45, 2.75) is 128 Å². The van der Waals surface area contributed by atoms with Crippen LogP contribution in [0.3, 0.4) is 0 Å². The van der Waals surface area contributed by atoms with Crippen LogP contribution in [-0.4, -0.2) is 96.6 Å². The van der Waals surface area contributed by atoms with Gasteiger partial charge in [-0.1, -0.05) is 174 Å². The summed E-state index contributed by atoms with van der Waals surface area (Å²) in [5, 5.41) is 23.4. The van der Waals surface area contributed by atoms with Gasteiger partial charge in [-0.05, 0) is 106 Å². The number of carbonyl (C=O) groups is 2. The number of nitrogens with one attached hydrogen (secondary N) is 2. The first kappa shape index (κ1) is 92.7. The summed E-state index contributed by atoms with van der Waals surface area (Å²) in [4.78, 5) is 23.4. The molecule has 8 rings (SSSR count). The molecular formula is C74H77ClF18N4O9. The summed E-state index contributed by atoms with van der Waals surface area (Å²) in [5.41, 5.74) is 9.81. The van der Waals surface area contributed by atoms with Crippen LogP contribution in [0.2, 0.25) is 0 Å². The molecule has 0 unspecified atom stereocenters. The lowest BCUT2D eigenvalue weighted by atomic mass is 9.77. The molecule has 0 aliphatic rings. The second kappa shape index (κ2) is 42.1. The van der Waals surface area contributed by atoms with E-state index in [1.54, 1.807) is 122 Å². The van der Waals surface area contributed by atoms with Crippen LogP contribution in [0.25, 0.3) is 0 Å². The highest BCUT2D eigenvalue weighted by atomic mass is 35.5.